The Morgan fingerprint density at radius 3 is 2.37 bits per heavy atom. The molecule has 3 aromatic rings. The fourth-order valence-electron chi connectivity index (χ4n) is 4.10. The molecule has 0 aliphatic heterocycles. The van der Waals surface area contributed by atoms with Crippen molar-refractivity contribution in [3.63, 3.8) is 0 Å². The Labute approximate surface area is 162 Å². The minimum absolute atomic E-state index is 0.274. The van der Waals surface area contributed by atoms with Crippen molar-refractivity contribution in [3.8, 4) is 5.75 Å². The first-order chi connectivity index (χ1) is 13.3. The van der Waals surface area contributed by atoms with Gasteiger partial charge in [0.25, 0.3) is 0 Å². The van der Waals surface area contributed by atoms with Gasteiger partial charge >= 0.3 is 0 Å². The highest BCUT2D eigenvalue weighted by molar-refractivity contribution is 5.37. The summed E-state index contributed by atoms with van der Waals surface area (Å²) < 4.78 is 5.87. The van der Waals surface area contributed by atoms with E-state index in [9.17, 15) is 0 Å². The van der Waals surface area contributed by atoms with Gasteiger partial charge in [0.1, 0.15) is 12.4 Å². The van der Waals surface area contributed by atoms with Crippen LogP contribution in [-0.2, 0) is 19.4 Å². The molecule has 0 fully saturated rings. The number of hydrogen-bond acceptors (Lipinski definition) is 2. The van der Waals surface area contributed by atoms with Crippen molar-refractivity contribution >= 4 is 0 Å². The van der Waals surface area contributed by atoms with Crippen LogP contribution in [0.2, 0.25) is 0 Å². The minimum atomic E-state index is 0.274. The Balaban J connectivity index is 1.27. The number of aryl methyl sites for hydroxylation is 1. The molecular weight excluding hydrogens is 330 g/mol. The highest BCUT2D eigenvalue weighted by Crippen LogP contribution is 2.35. The smallest absolute Gasteiger partial charge is 0.119 e. The summed E-state index contributed by atoms with van der Waals surface area (Å²) in [6.07, 6.45) is 4.43. The molecule has 2 N–H and O–H groups in total. The van der Waals surface area contributed by atoms with Crippen LogP contribution in [0.1, 0.15) is 41.0 Å². The van der Waals surface area contributed by atoms with Crippen LogP contribution in [0.15, 0.2) is 78.9 Å². The summed E-state index contributed by atoms with van der Waals surface area (Å²) in [5.41, 5.74) is 11.9. The van der Waals surface area contributed by atoms with Gasteiger partial charge in [-0.3, -0.25) is 0 Å². The lowest BCUT2D eigenvalue weighted by Crippen LogP contribution is -2.25. The molecule has 1 aliphatic rings. The Bertz CT molecular complexity index is 857. The van der Waals surface area contributed by atoms with E-state index in [1.807, 2.05) is 18.2 Å². The molecule has 27 heavy (non-hydrogen) atoms. The molecule has 0 bridgehead atoms. The highest BCUT2D eigenvalue weighted by atomic mass is 16.5. The molecule has 0 saturated heterocycles. The third-order valence-electron chi connectivity index (χ3n) is 5.58. The summed E-state index contributed by atoms with van der Waals surface area (Å²) in [4.78, 5) is 0. The van der Waals surface area contributed by atoms with Crippen molar-refractivity contribution in [1.82, 2.24) is 0 Å². The van der Waals surface area contributed by atoms with E-state index in [1.165, 1.54) is 22.3 Å². The lowest BCUT2D eigenvalue weighted by Gasteiger charge is -2.16. The zero-order chi connectivity index (χ0) is 18.5. The third-order valence-corrected chi connectivity index (χ3v) is 5.58. The van der Waals surface area contributed by atoms with Crippen molar-refractivity contribution in [2.45, 2.75) is 44.2 Å². The van der Waals surface area contributed by atoms with Crippen LogP contribution >= 0.6 is 0 Å². The Kier molecular flexibility index (Phi) is 5.55. The summed E-state index contributed by atoms with van der Waals surface area (Å²) in [5.74, 6) is 1.43. The first-order valence-electron chi connectivity index (χ1n) is 9.88. The van der Waals surface area contributed by atoms with Crippen molar-refractivity contribution < 1.29 is 4.74 Å². The Morgan fingerprint density at radius 1 is 0.815 bits per heavy atom. The number of ether oxygens (including phenoxy) is 1. The third kappa shape index (κ3) is 4.40. The van der Waals surface area contributed by atoms with Crippen LogP contribution in [0.5, 0.6) is 5.75 Å². The van der Waals surface area contributed by atoms with Crippen LogP contribution in [0.4, 0.5) is 0 Å². The SMILES string of the molecule is N[C@@H]1Cc2ccccc2[C@@H]1CCCc1ccc(OCc2ccccc2)cc1. The zero-order valence-corrected chi connectivity index (χ0v) is 15.7. The molecular formula is C25H27NO. The number of benzene rings is 3. The van der Waals surface area contributed by atoms with Crippen LogP contribution in [0.25, 0.3) is 0 Å². The summed E-state index contributed by atoms with van der Waals surface area (Å²) >= 11 is 0. The number of hydrogen-bond donors (Lipinski definition) is 1. The maximum atomic E-state index is 6.39. The molecule has 0 heterocycles. The summed E-state index contributed by atoms with van der Waals surface area (Å²) in [6, 6.07) is 27.8. The lowest BCUT2D eigenvalue weighted by molar-refractivity contribution is 0.306. The summed E-state index contributed by atoms with van der Waals surface area (Å²) in [6.45, 7) is 0.610. The fraction of sp³-hybridized carbons (Fsp3) is 0.280. The monoisotopic (exact) mass is 357 g/mol. The topological polar surface area (TPSA) is 35.2 Å². The number of rotatable bonds is 7. The van der Waals surface area contributed by atoms with Gasteiger partial charge < -0.3 is 10.5 Å². The van der Waals surface area contributed by atoms with Gasteiger partial charge in [-0.1, -0.05) is 66.7 Å². The van der Waals surface area contributed by atoms with Crippen LogP contribution in [-0.4, -0.2) is 6.04 Å². The predicted octanol–water partition coefficient (Wildman–Crippen LogP) is 5.26. The molecule has 0 unspecified atom stereocenters. The second kappa shape index (κ2) is 8.41. The van der Waals surface area contributed by atoms with E-state index in [1.54, 1.807) is 0 Å². The van der Waals surface area contributed by atoms with Crippen molar-refractivity contribution in [3.05, 3.63) is 101 Å². The summed E-state index contributed by atoms with van der Waals surface area (Å²) in [7, 11) is 0. The van der Waals surface area contributed by atoms with E-state index in [4.69, 9.17) is 10.5 Å². The standard InChI is InChI=1S/C25H27NO/c26-25-17-21-10-4-5-11-23(21)24(25)12-6-9-19-13-15-22(16-14-19)27-18-20-7-2-1-3-8-20/h1-5,7-8,10-11,13-16,24-25H,6,9,12,17-18,26H2/t24-,25+/m0/s1. The molecule has 0 amide bonds. The van der Waals surface area contributed by atoms with Gasteiger partial charge in [-0.05, 0) is 66.0 Å². The van der Waals surface area contributed by atoms with Gasteiger partial charge in [0.15, 0.2) is 0 Å². The molecule has 0 radical (unpaired) electrons. The molecule has 2 nitrogen and oxygen atoms in total. The molecule has 3 aromatic carbocycles. The van der Waals surface area contributed by atoms with Gasteiger partial charge in [-0.25, -0.2) is 0 Å². The second-order valence-electron chi connectivity index (χ2n) is 7.48. The van der Waals surface area contributed by atoms with E-state index in [0.717, 1.165) is 31.4 Å². The predicted molar refractivity (Wildman–Crippen MR) is 111 cm³/mol. The van der Waals surface area contributed by atoms with E-state index < -0.39 is 0 Å². The second-order valence-corrected chi connectivity index (χ2v) is 7.48. The number of nitrogens with two attached hydrogens (primary N) is 1. The lowest BCUT2D eigenvalue weighted by atomic mass is 9.92. The van der Waals surface area contributed by atoms with Crippen LogP contribution < -0.4 is 10.5 Å². The molecule has 1 aliphatic carbocycles. The molecule has 0 aromatic heterocycles. The molecule has 0 saturated carbocycles. The van der Waals surface area contributed by atoms with Crippen molar-refractivity contribution in [1.29, 1.82) is 0 Å². The van der Waals surface area contributed by atoms with Crippen molar-refractivity contribution in [2.24, 2.45) is 5.73 Å². The maximum Gasteiger partial charge on any atom is 0.119 e. The average Bonchev–Trinajstić information content (AvgIpc) is 3.03. The molecule has 2 heteroatoms. The van der Waals surface area contributed by atoms with Crippen molar-refractivity contribution in [2.75, 3.05) is 0 Å². The first kappa shape index (κ1) is 17.8. The van der Waals surface area contributed by atoms with Gasteiger partial charge in [0.2, 0.25) is 0 Å². The molecule has 4 rings (SSSR count). The van der Waals surface area contributed by atoms with Gasteiger partial charge in [0, 0.05) is 6.04 Å². The minimum Gasteiger partial charge on any atom is -0.489 e. The normalized spacial score (nSPS) is 18.3. The molecule has 0 spiro atoms. The van der Waals surface area contributed by atoms with Gasteiger partial charge in [-0.15, -0.1) is 0 Å². The highest BCUT2D eigenvalue weighted by Gasteiger charge is 2.28. The Hall–Kier alpha value is -2.58. The van der Waals surface area contributed by atoms with Crippen LogP contribution in [0.3, 0.4) is 0 Å². The first-order valence-corrected chi connectivity index (χ1v) is 9.88. The quantitative estimate of drug-likeness (QED) is 0.626. The summed E-state index contributed by atoms with van der Waals surface area (Å²) in [5, 5.41) is 0. The van der Waals surface area contributed by atoms with Gasteiger partial charge in [-0.2, -0.15) is 0 Å². The molecule has 2 atom stereocenters. The maximum absolute atomic E-state index is 6.39. The zero-order valence-electron chi connectivity index (χ0n) is 15.7. The van der Waals surface area contributed by atoms with E-state index in [2.05, 4.69) is 60.7 Å². The fourth-order valence-corrected chi connectivity index (χ4v) is 4.10. The van der Waals surface area contributed by atoms with E-state index in [0.29, 0.717) is 12.5 Å². The van der Waals surface area contributed by atoms with Gasteiger partial charge in [0.05, 0.1) is 0 Å². The number of fused-ring (bicyclic) bond motifs is 1. The Morgan fingerprint density at radius 2 is 1.56 bits per heavy atom. The average molecular weight is 357 g/mol. The van der Waals surface area contributed by atoms with E-state index in [-0.39, 0.29) is 6.04 Å². The van der Waals surface area contributed by atoms with Crippen LogP contribution in [0, 0.1) is 0 Å². The largest absolute Gasteiger partial charge is 0.489 e. The molecule has 138 valence electrons. The van der Waals surface area contributed by atoms with E-state index >= 15 is 0 Å².